The molecule has 128 valence electrons. The molecule has 0 bridgehead atoms. The molecule has 0 spiro atoms. The summed E-state index contributed by atoms with van der Waals surface area (Å²) in [4.78, 5) is 31.1. The van der Waals surface area contributed by atoms with E-state index >= 15 is 0 Å². The maximum Gasteiger partial charge on any atom is 0.435 e. The van der Waals surface area contributed by atoms with Gasteiger partial charge in [-0.15, -0.1) is 5.10 Å². The van der Waals surface area contributed by atoms with Crippen LogP contribution in [-0.4, -0.2) is 39.9 Å². The van der Waals surface area contributed by atoms with Crippen LogP contribution < -0.4 is 15.9 Å². The maximum atomic E-state index is 12.0. The van der Waals surface area contributed by atoms with Gasteiger partial charge in [0.15, 0.2) is 5.82 Å². The van der Waals surface area contributed by atoms with Gasteiger partial charge in [-0.1, -0.05) is 23.0 Å². The van der Waals surface area contributed by atoms with E-state index in [4.69, 9.17) is 15.8 Å². The molecule has 25 heavy (non-hydrogen) atoms. The number of primary amides is 1. The number of likely N-dealkylation sites (tertiary alicyclic amines) is 1. The fraction of sp³-hybridized carbons (Fsp3) is 0.250. The molecule has 2 aromatic rings. The van der Waals surface area contributed by atoms with Gasteiger partial charge in [0.25, 0.3) is 5.91 Å². The van der Waals surface area contributed by atoms with Gasteiger partial charge in [0, 0.05) is 31.1 Å². The van der Waals surface area contributed by atoms with Crippen molar-refractivity contribution in [3.63, 3.8) is 0 Å². The lowest BCUT2D eigenvalue weighted by atomic mass is 9.98. The molecule has 0 unspecified atom stereocenters. The summed E-state index contributed by atoms with van der Waals surface area (Å²) in [6, 6.07) is 11.2. The summed E-state index contributed by atoms with van der Waals surface area (Å²) in [7, 11) is 0. The Kier molecular flexibility index (Phi) is 4.52. The van der Waals surface area contributed by atoms with Crippen LogP contribution in [0, 0.1) is 17.2 Å². The summed E-state index contributed by atoms with van der Waals surface area (Å²) < 4.78 is 0. The quantitative estimate of drug-likeness (QED) is 0.840. The van der Waals surface area contributed by atoms with Gasteiger partial charge in [0.2, 0.25) is 0 Å². The largest absolute Gasteiger partial charge is 0.435 e. The van der Waals surface area contributed by atoms with Crippen LogP contribution in [-0.2, 0) is 0 Å². The summed E-state index contributed by atoms with van der Waals surface area (Å²) in [6.45, 7) is 0.928. The number of nitriles is 1. The minimum absolute atomic E-state index is 0.0996. The fourth-order valence-electron chi connectivity index (χ4n) is 2.45. The number of carbonyl (C=O) groups excluding carboxylic acids is 2. The number of nitrogens with one attached hydrogen (secondary N) is 1. The van der Waals surface area contributed by atoms with Crippen LogP contribution in [0.1, 0.15) is 16.8 Å². The number of carbonyl (C=O) groups is 2. The Morgan fingerprint density at radius 1 is 1.36 bits per heavy atom. The third kappa shape index (κ3) is 3.69. The zero-order valence-corrected chi connectivity index (χ0v) is 13.3. The smallest absolute Gasteiger partial charge is 0.365 e. The van der Waals surface area contributed by atoms with Gasteiger partial charge in [-0.25, -0.2) is 4.79 Å². The summed E-state index contributed by atoms with van der Waals surface area (Å²) in [5.41, 5.74) is 6.16. The lowest BCUT2D eigenvalue weighted by Gasteiger charge is -2.36. The predicted octanol–water partition coefficient (Wildman–Crippen LogP) is 1.12. The van der Waals surface area contributed by atoms with Gasteiger partial charge in [0.05, 0.1) is 12.3 Å². The van der Waals surface area contributed by atoms with Crippen molar-refractivity contribution in [2.75, 3.05) is 18.4 Å². The van der Waals surface area contributed by atoms with Crippen LogP contribution in [0.2, 0.25) is 0 Å². The highest BCUT2D eigenvalue weighted by molar-refractivity contribution is 5.98. The van der Waals surface area contributed by atoms with E-state index in [0.29, 0.717) is 25.2 Å². The lowest BCUT2D eigenvalue weighted by Crippen LogP contribution is -2.52. The molecule has 9 heteroatoms. The van der Waals surface area contributed by atoms with Crippen molar-refractivity contribution in [1.82, 2.24) is 14.8 Å². The number of hydrogen-bond acceptors (Lipinski definition) is 6. The molecule has 3 rings (SSSR count). The molecule has 0 saturated carbocycles. The van der Waals surface area contributed by atoms with E-state index < -0.39 is 12.0 Å². The summed E-state index contributed by atoms with van der Waals surface area (Å²) in [5.74, 6) is -0.331. The Labute approximate surface area is 143 Å². The summed E-state index contributed by atoms with van der Waals surface area (Å²) in [5, 5.41) is 15.6. The molecule has 1 aliphatic rings. The molecule has 2 amide bonds. The molecule has 1 fully saturated rings. The highest BCUT2D eigenvalue weighted by atomic mass is 16.7. The highest BCUT2D eigenvalue weighted by Crippen LogP contribution is 2.20. The van der Waals surface area contributed by atoms with Crippen LogP contribution in [0.15, 0.2) is 36.5 Å². The van der Waals surface area contributed by atoms with E-state index in [1.807, 2.05) is 18.2 Å². The van der Waals surface area contributed by atoms with Gasteiger partial charge in [0.1, 0.15) is 5.56 Å². The van der Waals surface area contributed by atoms with E-state index in [-0.39, 0.29) is 17.3 Å². The van der Waals surface area contributed by atoms with Gasteiger partial charge < -0.3 is 16.0 Å². The SMILES string of the molecule is N#CCC1CN(C(=O)On2cc(C(N)=O)c(Nc3ccccc3)n2)C1. The molecular formula is C16H16N6O3. The average Bonchev–Trinajstić information content (AvgIpc) is 2.94. The minimum atomic E-state index is -0.696. The van der Waals surface area contributed by atoms with E-state index in [0.717, 1.165) is 4.85 Å². The first-order chi connectivity index (χ1) is 12.1. The molecule has 9 nitrogen and oxygen atoms in total. The van der Waals surface area contributed by atoms with Crippen LogP contribution >= 0.6 is 0 Å². The number of aromatic nitrogens is 2. The van der Waals surface area contributed by atoms with Gasteiger partial charge in [-0.3, -0.25) is 9.63 Å². The van der Waals surface area contributed by atoms with Gasteiger partial charge in [-0.05, 0) is 12.1 Å². The minimum Gasteiger partial charge on any atom is -0.365 e. The van der Waals surface area contributed by atoms with E-state index in [1.165, 1.54) is 11.1 Å². The molecule has 0 radical (unpaired) electrons. The second kappa shape index (κ2) is 6.92. The zero-order chi connectivity index (χ0) is 17.8. The standard InChI is InChI=1S/C16H16N6O3/c17-7-6-11-8-21(9-11)16(24)25-22-10-13(14(18)23)15(20-22)19-12-4-2-1-3-5-12/h1-5,10-11H,6,8-9H2,(H2,18,23)(H,19,20). The van der Waals surface area contributed by atoms with Crippen LogP contribution in [0.3, 0.4) is 0 Å². The fourth-order valence-corrected chi connectivity index (χ4v) is 2.45. The van der Waals surface area contributed by atoms with Crippen LogP contribution in [0.5, 0.6) is 0 Å². The highest BCUT2D eigenvalue weighted by Gasteiger charge is 2.32. The van der Waals surface area contributed by atoms with Crippen molar-refractivity contribution < 1.29 is 14.4 Å². The van der Waals surface area contributed by atoms with Crippen molar-refractivity contribution in [3.05, 3.63) is 42.1 Å². The Hall–Kier alpha value is -3.54. The van der Waals surface area contributed by atoms with Crippen molar-refractivity contribution in [2.24, 2.45) is 11.7 Å². The van der Waals surface area contributed by atoms with Crippen molar-refractivity contribution in [3.8, 4) is 6.07 Å². The molecule has 1 aliphatic heterocycles. The first kappa shape index (κ1) is 16.3. The second-order valence-corrected chi connectivity index (χ2v) is 5.64. The molecule has 3 N–H and O–H groups in total. The molecule has 1 aromatic heterocycles. The van der Waals surface area contributed by atoms with Crippen molar-refractivity contribution in [1.29, 1.82) is 5.26 Å². The molecule has 2 heterocycles. The Bertz CT molecular complexity index is 820. The molecule has 1 aromatic carbocycles. The molecule has 1 saturated heterocycles. The zero-order valence-electron chi connectivity index (χ0n) is 13.3. The number of rotatable bonds is 5. The van der Waals surface area contributed by atoms with E-state index in [1.54, 1.807) is 12.1 Å². The molecular weight excluding hydrogens is 324 g/mol. The lowest BCUT2D eigenvalue weighted by molar-refractivity contribution is 0.0401. The number of amides is 2. The number of nitrogens with two attached hydrogens (primary N) is 1. The van der Waals surface area contributed by atoms with E-state index in [9.17, 15) is 9.59 Å². The number of nitrogens with zero attached hydrogens (tertiary/aromatic N) is 4. The topological polar surface area (TPSA) is 126 Å². The van der Waals surface area contributed by atoms with E-state index in [2.05, 4.69) is 16.5 Å². The van der Waals surface area contributed by atoms with Crippen molar-refractivity contribution in [2.45, 2.75) is 6.42 Å². The van der Waals surface area contributed by atoms with Crippen LogP contribution in [0.25, 0.3) is 0 Å². The maximum absolute atomic E-state index is 12.0. The van der Waals surface area contributed by atoms with Crippen molar-refractivity contribution >= 4 is 23.5 Å². The third-order valence-corrected chi connectivity index (χ3v) is 3.76. The Morgan fingerprint density at radius 3 is 2.72 bits per heavy atom. The number of anilines is 2. The third-order valence-electron chi connectivity index (χ3n) is 3.76. The van der Waals surface area contributed by atoms with Crippen LogP contribution in [0.4, 0.5) is 16.3 Å². The number of hydrogen-bond donors (Lipinski definition) is 2. The predicted molar refractivity (Wildman–Crippen MR) is 87.7 cm³/mol. The second-order valence-electron chi connectivity index (χ2n) is 5.64. The Morgan fingerprint density at radius 2 is 2.08 bits per heavy atom. The monoisotopic (exact) mass is 340 g/mol. The van der Waals surface area contributed by atoms with Gasteiger partial charge >= 0.3 is 6.09 Å². The first-order valence-corrected chi connectivity index (χ1v) is 7.62. The number of para-hydroxylation sites is 1. The number of benzene rings is 1. The average molecular weight is 340 g/mol. The molecule has 0 aliphatic carbocycles. The first-order valence-electron chi connectivity index (χ1n) is 7.62. The summed E-state index contributed by atoms with van der Waals surface area (Å²) >= 11 is 0. The van der Waals surface area contributed by atoms with Gasteiger partial charge in [-0.2, -0.15) is 5.26 Å². The summed E-state index contributed by atoms with van der Waals surface area (Å²) in [6.07, 6.45) is 1.06. The normalized spacial score (nSPS) is 13.6. The molecule has 0 atom stereocenters. The Balaban J connectivity index is 1.68.